The number of ether oxygens (including phenoxy) is 1. The molecule has 0 spiro atoms. The Bertz CT molecular complexity index is 1240. The third kappa shape index (κ3) is 4.04. The number of hydrogen-bond acceptors (Lipinski definition) is 6. The molecule has 7 nitrogen and oxygen atoms in total. The number of nitrogens with zero attached hydrogens (tertiary/aromatic N) is 3. The number of nitrogens with two attached hydrogens (primary N) is 1. The fraction of sp³-hybridized carbons (Fsp3) is 0.105. The third-order valence-electron chi connectivity index (χ3n) is 4.19. The minimum atomic E-state index is -4.72. The van der Waals surface area contributed by atoms with Gasteiger partial charge in [0.15, 0.2) is 17.4 Å². The van der Waals surface area contributed by atoms with Crippen LogP contribution in [0.4, 0.5) is 39.4 Å². The fourth-order valence-corrected chi connectivity index (χ4v) is 2.98. The number of anilines is 3. The topological polar surface area (TPSA) is 102 Å². The van der Waals surface area contributed by atoms with Gasteiger partial charge in [-0.1, -0.05) is 0 Å². The highest BCUT2D eigenvalue weighted by atomic mass is 19.4. The maximum Gasteiger partial charge on any atom is 0.418 e. The van der Waals surface area contributed by atoms with E-state index in [0.29, 0.717) is 11.9 Å². The van der Waals surface area contributed by atoms with Gasteiger partial charge in [0.05, 0.1) is 10.9 Å². The molecule has 160 valence electrons. The molecule has 0 atom stereocenters. The molecule has 3 heterocycles. The molecular formula is C19H13F5N6O. The zero-order valence-corrected chi connectivity index (χ0v) is 15.7. The van der Waals surface area contributed by atoms with Crippen molar-refractivity contribution >= 4 is 28.5 Å². The van der Waals surface area contributed by atoms with Gasteiger partial charge < -0.3 is 20.8 Å². The number of aromatic amines is 1. The number of H-pyrrole nitrogens is 1. The molecule has 4 N–H and O–H groups in total. The lowest BCUT2D eigenvalue weighted by atomic mass is 10.2. The van der Waals surface area contributed by atoms with Crippen LogP contribution in [0.2, 0.25) is 0 Å². The minimum absolute atomic E-state index is 0.0163. The molecule has 0 saturated carbocycles. The molecule has 0 fully saturated rings. The standard InChI is InChI=1S/C19H13F5N6O/c1-8-4-14(30-18(25)28-8)29-9-5-11(20)16(12(21)6-9)31-13-2-3-26-17-15(13)10(7-27-17)19(22,23)24/h2-7H,1H3,(H,26,27)(H3,25,28,29,30). The average Bonchev–Trinajstić information content (AvgIpc) is 3.09. The van der Waals surface area contributed by atoms with E-state index in [1.54, 1.807) is 6.92 Å². The molecule has 0 amide bonds. The molecule has 0 bridgehead atoms. The Balaban J connectivity index is 1.70. The Kier molecular flexibility index (Phi) is 4.84. The van der Waals surface area contributed by atoms with E-state index in [0.717, 1.165) is 24.4 Å². The number of halogens is 5. The van der Waals surface area contributed by atoms with Gasteiger partial charge in [-0.05, 0) is 13.0 Å². The quantitative estimate of drug-likeness (QED) is 0.386. The van der Waals surface area contributed by atoms with Crippen LogP contribution in [0, 0.1) is 18.6 Å². The Morgan fingerprint density at radius 2 is 1.81 bits per heavy atom. The van der Waals surface area contributed by atoms with Gasteiger partial charge in [0.2, 0.25) is 5.95 Å². The Labute approximate surface area is 171 Å². The number of pyridine rings is 1. The van der Waals surface area contributed by atoms with Crippen LogP contribution in [0.3, 0.4) is 0 Å². The monoisotopic (exact) mass is 436 g/mol. The summed E-state index contributed by atoms with van der Waals surface area (Å²) in [4.78, 5) is 13.9. The summed E-state index contributed by atoms with van der Waals surface area (Å²) in [6.45, 7) is 1.66. The van der Waals surface area contributed by atoms with Crippen molar-refractivity contribution in [2.45, 2.75) is 13.1 Å². The SMILES string of the molecule is Cc1cc(Nc2cc(F)c(Oc3ccnc4[nH]cc(C(F)(F)F)c34)c(F)c2)nc(N)n1. The fourth-order valence-electron chi connectivity index (χ4n) is 2.98. The number of aromatic nitrogens is 4. The molecule has 3 aromatic heterocycles. The first-order chi connectivity index (χ1) is 14.6. The number of nitrogen functional groups attached to an aromatic ring is 1. The number of alkyl halides is 3. The van der Waals surface area contributed by atoms with Crippen molar-refractivity contribution in [2.75, 3.05) is 11.1 Å². The third-order valence-corrected chi connectivity index (χ3v) is 4.19. The van der Waals surface area contributed by atoms with Gasteiger partial charge in [-0.25, -0.2) is 18.7 Å². The summed E-state index contributed by atoms with van der Waals surface area (Å²) in [6, 6.07) is 4.41. The van der Waals surface area contributed by atoms with Crippen molar-refractivity contribution in [1.82, 2.24) is 19.9 Å². The van der Waals surface area contributed by atoms with Crippen molar-refractivity contribution in [1.29, 1.82) is 0 Å². The molecule has 0 aliphatic heterocycles. The first-order valence-corrected chi connectivity index (χ1v) is 8.70. The van der Waals surface area contributed by atoms with E-state index >= 15 is 0 Å². The number of rotatable bonds is 4. The Hall–Kier alpha value is -3.96. The molecular weight excluding hydrogens is 423 g/mol. The van der Waals surface area contributed by atoms with Crippen molar-refractivity contribution < 1.29 is 26.7 Å². The lowest BCUT2D eigenvalue weighted by Crippen LogP contribution is -2.04. The summed E-state index contributed by atoms with van der Waals surface area (Å²) in [6.07, 6.45) is -2.86. The van der Waals surface area contributed by atoms with Crippen LogP contribution in [0.25, 0.3) is 11.0 Å². The van der Waals surface area contributed by atoms with Crippen molar-refractivity contribution in [3.05, 3.63) is 59.6 Å². The summed E-state index contributed by atoms with van der Waals surface area (Å²) in [5.41, 5.74) is 4.85. The maximum absolute atomic E-state index is 14.6. The lowest BCUT2D eigenvalue weighted by Gasteiger charge is -2.13. The van der Waals surface area contributed by atoms with Gasteiger partial charge in [-0.3, -0.25) is 0 Å². The number of benzene rings is 1. The van der Waals surface area contributed by atoms with Crippen LogP contribution >= 0.6 is 0 Å². The molecule has 12 heteroatoms. The van der Waals surface area contributed by atoms with E-state index in [1.165, 1.54) is 6.07 Å². The summed E-state index contributed by atoms with van der Waals surface area (Å²) in [7, 11) is 0. The van der Waals surface area contributed by atoms with Crippen LogP contribution in [0.5, 0.6) is 11.5 Å². The van der Waals surface area contributed by atoms with Crippen LogP contribution in [0.1, 0.15) is 11.3 Å². The average molecular weight is 436 g/mol. The normalized spacial score (nSPS) is 11.7. The van der Waals surface area contributed by atoms with Gasteiger partial charge in [-0.2, -0.15) is 18.2 Å². The molecule has 0 radical (unpaired) electrons. The molecule has 31 heavy (non-hydrogen) atoms. The van der Waals surface area contributed by atoms with E-state index in [2.05, 4.69) is 25.3 Å². The Morgan fingerprint density at radius 3 is 2.45 bits per heavy atom. The first kappa shape index (κ1) is 20.3. The van der Waals surface area contributed by atoms with Gasteiger partial charge in [0.1, 0.15) is 17.2 Å². The number of nitrogens with one attached hydrogen (secondary N) is 2. The van der Waals surface area contributed by atoms with Crippen molar-refractivity contribution in [3.8, 4) is 11.5 Å². The second-order valence-corrected chi connectivity index (χ2v) is 6.48. The minimum Gasteiger partial charge on any atom is -0.450 e. The first-order valence-electron chi connectivity index (χ1n) is 8.70. The largest absolute Gasteiger partial charge is 0.450 e. The lowest BCUT2D eigenvalue weighted by molar-refractivity contribution is -0.136. The highest BCUT2D eigenvalue weighted by Gasteiger charge is 2.35. The zero-order valence-electron chi connectivity index (χ0n) is 15.7. The van der Waals surface area contributed by atoms with Crippen molar-refractivity contribution in [3.63, 3.8) is 0 Å². The predicted octanol–water partition coefficient (Wildman–Crippen LogP) is 5.08. The number of aryl methyl sites for hydroxylation is 1. The smallest absolute Gasteiger partial charge is 0.418 e. The zero-order chi connectivity index (χ0) is 22.3. The molecule has 4 aromatic rings. The molecule has 0 unspecified atom stereocenters. The second-order valence-electron chi connectivity index (χ2n) is 6.48. The molecule has 0 saturated heterocycles. The van der Waals surface area contributed by atoms with Crippen molar-refractivity contribution in [2.24, 2.45) is 0 Å². The van der Waals surface area contributed by atoms with Crippen LogP contribution in [-0.2, 0) is 6.18 Å². The van der Waals surface area contributed by atoms with E-state index in [1.807, 2.05) is 0 Å². The summed E-state index contributed by atoms with van der Waals surface area (Å²) >= 11 is 0. The highest BCUT2D eigenvalue weighted by molar-refractivity contribution is 5.87. The van der Waals surface area contributed by atoms with Gasteiger partial charge in [0.25, 0.3) is 0 Å². The van der Waals surface area contributed by atoms with Gasteiger partial charge >= 0.3 is 6.18 Å². The second kappa shape index (κ2) is 7.38. The van der Waals surface area contributed by atoms with Gasteiger partial charge in [-0.15, -0.1) is 0 Å². The summed E-state index contributed by atoms with van der Waals surface area (Å²) in [5.74, 6) is -3.39. The molecule has 0 aliphatic rings. The van der Waals surface area contributed by atoms with Crippen LogP contribution < -0.4 is 15.8 Å². The number of fused-ring (bicyclic) bond motifs is 1. The summed E-state index contributed by atoms with van der Waals surface area (Å²) < 4.78 is 74.2. The van der Waals surface area contributed by atoms with E-state index in [9.17, 15) is 22.0 Å². The number of hydrogen-bond donors (Lipinski definition) is 3. The maximum atomic E-state index is 14.6. The highest BCUT2D eigenvalue weighted by Crippen LogP contribution is 2.41. The molecule has 1 aromatic carbocycles. The van der Waals surface area contributed by atoms with Gasteiger partial charge in [0, 0.05) is 42.0 Å². The van der Waals surface area contributed by atoms with E-state index in [4.69, 9.17) is 10.5 Å². The van der Waals surface area contributed by atoms with E-state index < -0.39 is 40.3 Å². The van der Waals surface area contributed by atoms with Crippen LogP contribution in [0.15, 0.2) is 36.7 Å². The van der Waals surface area contributed by atoms with Crippen LogP contribution in [-0.4, -0.2) is 19.9 Å². The predicted molar refractivity (Wildman–Crippen MR) is 102 cm³/mol. The summed E-state index contributed by atoms with van der Waals surface area (Å²) in [5, 5.41) is 2.24. The van der Waals surface area contributed by atoms with E-state index in [-0.39, 0.29) is 23.1 Å². The Morgan fingerprint density at radius 1 is 1.10 bits per heavy atom. The molecule has 4 rings (SSSR count). The molecule has 0 aliphatic carbocycles.